The molecule has 2 heterocycles. The highest BCUT2D eigenvalue weighted by atomic mass is 16.5. The Balaban J connectivity index is 1.34. The molecule has 1 saturated carbocycles. The van der Waals surface area contributed by atoms with Crippen molar-refractivity contribution in [3.8, 4) is 11.5 Å². The molecule has 1 saturated heterocycles. The van der Waals surface area contributed by atoms with E-state index < -0.39 is 0 Å². The van der Waals surface area contributed by atoms with Gasteiger partial charge in [0, 0.05) is 6.54 Å². The van der Waals surface area contributed by atoms with Crippen LogP contribution in [0.2, 0.25) is 0 Å². The molecule has 3 amide bonds. The minimum atomic E-state index is -0.267. The minimum absolute atomic E-state index is 0.153. The number of ether oxygens (including phenoxy) is 2. The molecule has 1 aromatic rings. The van der Waals surface area contributed by atoms with Crippen molar-refractivity contribution in [3.05, 3.63) is 35.4 Å². The van der Waals surface area contributed by atoms with E-state index in [9.17, 15) is 14.4 Å². The summed E-state index contributed by atoms with van der Waals surface area (Å²) in [6.45, 7) is 2.34. The highest BCUT2D eigenvalue weighted by molar-refractivity contribution is 6.08. The number of amides is 3. The quantitative estimate of drug-likeness (QED) is 0.560. The van der Waals surface area contributed by atoms with Crippen LogP contribution in [0.25, 0.3) is 0 Å². The van der Waals surface area contributed by atoms with E-state index in [-0.39, 0.29) is 54.0 Å². The first kappa shape index (κ1) is 19.2. The number of methoxy groups -OCH3 is 2. The van der Waals surface area contributed by atoms with E-state index in [0.29, 0.717) is 24.5 Å². The average Bonchev–Trinajstić information content (AvgIpc) is 3.43. The lowest BCUT2D eigenvalue weighted by Crippen LogP contribution is -2.46. The molecule has 30 heavy (non-hydrogen) atoms. The Labute approximate surface area is 175 Å². The maximum atomic E-state index is 13.1. The second-order valence-electron chi connectivity index (χ2n) is 8.68. The van der Waals surface area contributed by atoms with Gasteiger partial charge in [0.25, 0.3) is 0 Å². The van der Waals surface area contributed by atoms with E-state index in [4.69, 9.17) is 9.47 Å². The number of rotatable bonds is 4. The number of benzene rings is 1. The number of likely N-dealkylation sites (tertiary alicyclic amines) is 1. The van der Waals surface area contributed by atoms with E-state index in [1.165, 1.54) is 4.90 Å². The molecule has 4 aliphatic rings. The van der Waals surface area contributed by atoms with Crippen molar-refractivity contribution in [2.24, 2.45) is 23.7 Å². The fourth-order valence-electron chi connectivity index (χ4n) is 5.83. The first-order chi connectivity index (χ1) is 14.4. The van der Waals surface area contributed by atoms with Crippen LogP contribution in [-0.4, -0.2) is 54.8 Å². The zero-order chi connectivity index (χ0) is 21.2. The molecule has 0 aromatic heterocycles. The summed E-state index contributed by atoms with van der Waals surface area (Å²) in [5, 5.41) is 0. The number of nitrogens with zero attached hydrogens (tertiary/aromatic N) is 2. The van der Waals surface area contributed by atoms with Crippen LogP contribution in [0.5, 0.6) is 11.5 Å². The summed E-state index contributed by atoms with van der Waals surface area (Å²) >= 11 is 0. The maximum Gasteiger partial charge on any atom is 0.243 e. The molecule has 0 spiro atoms. The molecule has 0 radical (unpaired) electrons. The first-order valence-electron chi connectivity index (χ1n) is 10.5. The lowest BCUT2D eigenvalue weighted by molar-refractivity contribution is -0.148. The molecule has 5 atom stereocenters. The number of carbonyl (C=O) groups is 3. The highest BCUT2D eigenvalue weighted by Crippen LogP contribution is 2.52. The fourth-order valence-corrected chi connectivity index (χ4v) is 5.83. The molecule has 158 valence electrons. The number of carbonyl (C=O) groups excluding carboxylic acids is 3. The standard InChI is InChI=1S/C23H26N2O5/c1-12-16-10-18(30-3)17(29-2)9-13(16)6-7-24(12)19(26)11-25-22(27)20-14-4-5-15(8-14)21(20)23(25)28/h4-5,9-10,12,14-15,20-21H,6-8,11H2,1-3H3. The van der Waals surface area contributed by atoms with Gasteiger partial charge >= 0.3 is 0 Å². The Hall–Kier alpha value is -2.83. The van der Waals surface area contributed by atoms with Gasteiger partial charge in [-0.3, -0.25) is 19.3 Å². The molecule has 7 heteroatoms. The molecule has 0 N–H and O–H groups in total. The number of hydrogen-bond acceptors (Lipinski definition) is 5. The molecule has 5 unspecified atom stereocenters. The van der Waals surface area contributed by atoms with Crippen LogP contribution in [0.15, 0.2) is 24.3 Å². The van der Waals surface area contributed by atoms with Crippen LogP contribution >= 0.6 is 0 Å². The van der Waals surface area contributed by atoms with Crippen molar-refractivity contribution in [1.29, 1.82) is 0 Å². The molecule has 2 aliphatic heterocycles. The monoisotopic (exact) mass is 410 g/mol. The van der Waals surface area contributed by atoms with Gasteiger partial charge in [-0.15, -0.1) is 0 Å². The van der Waals surface area contributed by atoms with Gasteiger partial charge < -0.3 is 14.4 Å². The molecule has 2 fully saturated rings. The fraction of sp³-hybridized carbons (Fsp3) is 0.522. The topological polar surface area (TPSA) is 76.2 Å². The van der Waals surface area contributed by atoms with Crippen molar-refractivity contribution >= 4 is 17.7 Å². The van der Waals surface area contributed by atoms with E-state index >= 15 is 0 Å². The van der Waals surface area contributed by atoms with Gasteiger partial charge in [0.05, 0.1) is 32.1 Å². The predicted molar refractivity (Wildman–Crippen MR) is 108 cm³/mol. The van der Waals surface area contributed by atoms with Crippen molar-refractivity contribution in [3.63, 3.8) is 0 Å². The van der Waals surface area contributed by atoms with Gasteiger partial charge in [0.15, 0.2) is 11.5 Å². The first-order valence-corrected chi connectivity index (χ1v) is 10.5. The Kier molecular flexibility index (Phi) is 4.38. The Morgan fingerprint density at radius 3 is 2.23 bits per heavy atom. The van der Waals surface area contributed by atoms with Gasteiger partial charge in [-0.1, -0.05) is 12.2 Å². The summed E-state index contributed by atoms with van der Waals surface area (Å²) in [5.41, 5.74) is 2.13. The number of allylic oxidation sites excluding steroid dienone is 2. The lowest BCUT2D eigenvalue weighted by Gasteiger charge is -2.36. The Bertz CT molecular complexity index is 941. The Morgan fingerprint density at radius 2 is 1.63 bits per heavy atom. The van der Waals surface area contributed by atoms with Crippen LogP contribution < -0.4 is 9.47 Å². The smallest absolute Gasteiger partial charge is 0.243 e. The zero-order valence-electron chi connectivity index (χ0n) is 17.5. The van der Waals surface area contributed by atoms with E-state index in [1.807, 2.05) is 19.1 Å². The Morgan fingerprint density at radius 1 is 1.03 bits per heavy atom. The van der Waals surface area contributed by atoms with Crippen molar-refractivity contribution < 1.29 is 23.9 Å². The molecular weight excluding hydrogens is 384 g/mol. The predicted octanol–water partition coefficient (Wildman–Crippen LogP) is 1.96. The van der Waals surface area contributed by atoms with Crippen LogP contribution in [0.4, 0.5) is 0 Å². The van der Waals surface area contributed by atoms with Gasteiger partial charge in [0.2, 0.25) is 17.7 Å². The van der Waals surface area contributed by atoms with E-state index in [0.717, 1.165) is 17.5 Å². The van der Waals surface area contributed by atoms with Crippen molar-refractivity contribution in [2.75, 3.05) is 27.3 Å². The molecule has 1 aromatic carbocycles. The van der Waals surface area contributed by atoms with E-state index in [2.05, 4.69) is 12.2 Å². The average molecular weight is 410 g/mol. The normalized spacial score (nSPS) is 31.2. The lowest BCUT2D eigenvalue weighted by atomic mass is 9.85. The highest BCUT2D eigenvalue weighted by Gasteiger charge is 2.59. The van der Waals surface area contributed by atoms with Crippen LogP contribution in [0.1, 0.15) is 30.5 Å². The third kappa shape index (κ3) is 2.60. The maximum absolute atomic E-state index is 13.1. The number of fused-ring (bicyclic) bond motifs is 6. The minimum Gasteiger partial charge on any atom is -0.493 e. The van der Waals surface area contributed by atoms with Crippen molar-refractivity contribution in [1.82, 2.24) is 9.80 Å². The molecular formula is C23H26N2O5. The van der Waals surface area contributed by atoms with Gasteiger partial charge in [-0.25, -0.2) is 0 Å². The number of imide groups is 1. The van der Waals surface area contributed by atoms with Gasteiger partial charge in [-0.2, -0.15) is 0 Å². The summed E-state index contributed by atoms with van der Waals surface area (Å²) in [6.07, 6.45) is 5.70. The van der Waals surface area contributed by atoms with Crippen LogP contribution in [0, 0.1) is 23.7 Å². The molecule has 2 bridgehead atoms. The second-order valence-corrected chi connectivity index (χ2v) is 8.68. The van der Waals surface area contributed by atoms with Gasteiger partial charge in [-0.05, 0) is 54.9 Å². The molecule has 7 nitrogen and oxygen atoms in total. The summed E-state index contributed by atoms with van der Waals surface area (Å²) in [4.78, 5) is 41.9. The van der Waals surface area contributed by atoms with Crippen LogP contribution in [-0.2, 0) is 20.8 Å². The summed E-state index contributed by atoms with van der Waals surface area (Å²) in [5.74, 6) is 0.528. The summed E-state index contributed by atoms with van der Waals surface area (Å²) in [6, 6.07) is 3.70. The summed E-state index contributed by atoms with van der Waals surface area (Å²) in [7, 11) is 3.19. The second kappa shape index (κ2) is 6.86. The number of hydrogen-bond donors (Lipinski definition) is 0. The SMILES string of the molecule is COc1cc2c(cc1OC)C(C)N(C(=O)CN1C(=O)C3C4C=CC(C4)C3C1=O)CC2. The molecule has 5 rings (SSSR count). The molecule has 2 aliphatic carbocycles. The third-order valence-electron chi connectivity index (χ3n) is 7.36. The third-order valence-corrected chi connectivity index (χ3v) is 7.36. The van der Waals surface area contributed by atoms with E-state index in [1.54, 1.807) is 19.1 Å². The largest absolute Gasteiger partial charge is 0.493 e. The zero-order valence-corrected chi connectivity index (χ0v) is 17.5. The summed E-state index contributed by atoms with van der Waals surface area (Å²) < 4.78 is 10.8. The van der Waals surface area contributed by atoms with Gasteiger partial charge in [0.1, 0.15) is 6.54 Å². The van der Waals surface area contributed by atoms with Crippen molar-refractivity contribution in [2.45, 2.75) is 25.8 Å². The van der Waals surface area contributed by atoms with Crippen LogP contribution in [0.3, 0.4) is 0 Å².